The molecule has 1 aliphatic heterocycles. The van der Waals surface area contributed by atoms with Crippen molar-refractivity contribution in [2.75, 3.05) is 6.61 Å². The average Bonchev–Trinajstić information content (AvgIpc) is 2.83. The van der Waals surface area contributed by atoms with E-state index in [4.69, 9.17) is 4.74 Å². The largest absolute Gasteiger partial charge is 0.375 e. The molecule has 3 rings (SSSR count). The number of imidazole rings is 1. The van der Waals surface area contributed by atoms with Gasteiger partial charge in [-0.15, -0.1) is 0 Å². The normalized spacial score (nSPS) is 29.4. The molecular weight excluding hydrogens is 200 g/mol. The van der Waals surface area contributed by atoms with Crippen molar-refractivity contribution in [2.24, 2.45) is 0 Å². The first-order valence-electron chi connectivity index (χ1n) is 6.49. The molecule has 0 bridgehead atoms. The summed E-state index contributed by atoms with van der Waals surface area (Å²) in [4.78, 5) is 4.15. The van der Waals surface area contributed by atoms with Crippen LogP contribution in [0, 0.1) is 0 Å². The van der Waals surface area contributed by atoms with Crippen molar-refractivity contribution >= 4 is 0 Å². The molecule has 1 saturated carbocycles. The lowest BCUT2D eigenvalue weighted by Gasteiger charge is -2.43. The maximum Gasteiger partial charge on any atom is 0.0948 e. The van der Waals surface area contributed by atoms with E-state index < -0.39 is 0 Å². The molecule has 1 aromatic heterocycles. The Morgan fingerprint density at radius 3 is 2.88 bits per heavy atom. The van der Waals surface area contributed by atoms with Crippen LogP contribution in [0.25, 0.3) is 0 Å². The summed E-state index contributed by atoms with van der Waals surface area (Å²) in [6, 6.07) is 0.606. The minimum absolute atomic E-state index is 0.200. The van der Waals surface area contributed by atoms with Crippen molar-refractivity contribution in [1.29, 1.82) is 0 Å². The maximum absolute atomic E-state index is 6.10. The standard InChI is InChI=1S/C13H20N2O/c1-2-5-13(6-3-1)10-12(4-9-16-13)15-8-7-14-11-15/h7-8,11-12H,1-6,9-10H2. The molecule has 1 unspecified atom stereocenters. The molecular formula is C13H20N2O. The van der Waals surface area contributed by atoms with E-state index in [1.54, 1.807) is 0 Å². The average molecular weight is 220 g/mol. The lowest BCUT2D eigenvalue weighted by molar-refractivity contribution is -0.114. The third-order valence-corrected chi connectivity index (χ3v) is 4.18. The number of aromatic nitrogens is 2. The van der Waals surface area contributed by atoms with Crippen LogP contribution < -0.4 is 0 Å². The summed E-state index contributed by atoms with van der Waals surface area (Å²) in [6.45, 7) is 0.919. The van der Waals surface area contributed by atoms with Gasteiger partial charge in [-0.3, -0.25) is 0 Å². The number of ether oxygens (including phenoxy) is 1. The highest BCUT2D eigenvalue weighted by atomic mass is 16.5. The minimum Gasteiger partial charge on any atom is -0.375 e. The lowest BCUT2D eigenvalue weighted by atomic mass is 9.78. The van der Waals surface area contributed by atoms with Crippen molar-refractivity contribution < 1.29 is 4.74 Å². The SMILES string of the molecule is c1cn(C2CCOC3(CCCCC3)C2)cn1. The maximum atomic E-state index is 6.10. The molecule has 1 spiro atoms. The molecule has 3 heteroatoms. The van der Waals surface area contributed by atoms with Crippen LogP contribution in [0.5, 0.6) is 0 Å². The molecule has 1 saturated heterocycles. The third kappa shape index (κ3) is 1.88. The summed E-state index contributed by atoms with van der Waals surface area (Å²) >= 11 is 0. The predicted octanol–water partition coefficient (Wildman–Crippen LogP) is 2.94. The van der Waals surface area contributed by atoms with Crippen LogP contribution in [-0.4, -0.2) is 21.8 Å². The first-order valence-corrected chi connectivity index (χ1v) is 6.49. The highest BCUT2D eigenvalue weighted by Gasteiger charge is 2.38. The van der Waals surface area contributed by atoms with Gasteiger partial charge in [0.15, 0.2) is 0 Å². The van der Waals surface area contributed by atoms with Crippen molar-refractivity contribution in [2.45, 2.75) is 56.6 Å². The van der Waals surface area contributed by atoms with E-state index in [0.29, 0.717) is 6.04 Å². The van der Waals surface area contributed by atoms with Gasteiger partial charge in [0.2, 0.25) is 0 Å². The van der Waals surface area contributed by atoms with Gasteiger partial charge in [0.05, 0.1) is 11.9 Å². The van der Waals surface area contributed by atoms with E-state index >= 15 is 0 Å². The zero-order chi connectivity index (χ0) is 10.8. The Balaban J connectivity index is 1.74. The van der Waals surface area contributed by atoms with Crippen LogP contribution in [0.3, 0.4) is 0 Å². The van der Waals surface area contributed by atoms with E-state index in [-0.39, 0.29) is 5.60 Å². The molecule has 1 atom stereocenters. The Labute approximate surface area is 96.8 Å². The van der Waals surface area contributed by atoms with Gasteiger partial charge < -0.3 is 9.30 Å². The molecule has 2 fully saturated rings. The van der Waals surface area contributed by atoms with Gasteiger partial charge in [0.25, 0.3) is 0 Å². The Kier molecular flexibility index (Phi) is 2.72. The predicted molar refractivity (Wildman–Crippen MR) is 62.3 cm³/mol. The second-order valence-corrected chi connectivity index (χ2v) is 5.25. The topological polar surface area (TPSA) is 27.1 Å². The summed E-state index contributed by atoms with van der Waals surface area (Å²) in [5, 5.41) is 0. The summed E-state index contributed by atoms with van der Waals surface area (Å²) in [5.41, 5.74) is 0.200. The van der Waals surface area contributed by atoms with Crippen molar-refractivity contribution in [3.8, 4) is 0 Å². The molecule has 2 aliphatic rings. The van der Waals surface area contributed by atoms with Crippen molar-refractivity contribution in [3.63, 3.8) is 0 Å². The van der Waals surface area contributed by atoms with E-state index in [2.05, 4.69) is 15.7 Å². The zero-order valence-electron chi connectivity index (χ0n) is 9.77. The fraction of sp³-hybridized carbons (Fsp3) is 0.769. The second-order valence-electron chi connectivity index (χ2n) is 5.25. The Morgan fingerprint density at radius 1 is 1.25 bits per heavy atom. The number of hydrogen-bond donors (Lipinski definition) is 0. The molecule has 2 heterocycles. The summed E-state index contributed by atoms with van der Waals surface area (Å²) in [7, 11) is 0. The highest BCUT2D eigenvalue weighted by Crippen LogP contribution is 2.42. The molecule has 0 aromatic carbocycles. The number of rotatable bonds is 1. The molecule has 16 heavy (non-hydrogen) atoms. The third-order valence-electron chi connectivity index (χ3n) is 4.18. The first-order chi connectivity index (χ1) is 7.88. The fourth-order valence-corrected chi connectivity index (χ4v) is 3.29. The zero-order valence-corrected chi connectivity index (χ0v) is 9.77. The van der Waals surface area contributed by atoms with Crippen LogP contribution in [0.2, 0.25) is 0 Å². The van der Waals surface area contributed by atoms with Gasteiger partial charge in [-0.05, 0) is 25.7 Å². The Hall–Kier alpha value is -0.830. The molecule has 3 nitrogen and oxygen atoms in total. The molecule has 0 radical (unpaired) electrons. The smallest absolute Gasteiger partial charge is 0.0948 e. The van der Waals surface area contributed by atoms with Gasteiger partial charge in [0, 0.05) is 25.0 Å². The number of nitrogens with zero attached hydrogens (tertiary/aromatic N) is 2. The van der Waals surface area contributed by atoms with Crippen LogP contribution in [0.1, 0.15) is 51.0 Å². The highest BCUT2D eigenvalue weighted by molar-refractivity contribution is 4.93. The lowest BCUT2D eigenvalue weighted by Crippen LogP contribution is -2.41. The van der Waals surface area contributed by atoms with Crippen LogP contribution in [-0.2, 0) is 4.74 Å². The van der Waals surface area contributed by atoms with Crippen LogP contribution in [0.4, 0.5) is 0 Å². The Bertz CT molecular complexity index is 322. The van der Waals surface area contributed by atoms with E-state index in [9.17, 15) is 0 Å². The fourth-order valence-electron chi connectivity index (χ4n) is 3.29. The van der Waals surface area contributed by atoms with Crippen molar-refractivity contribution in [3.05, 3.63) is 18.7 Å². The van der Waals surface area contributed by atoms with E-state index in [0.717, 1.165) is 13.0 Å². The quantitative estimate of drug-likeness (QED) is 0.727. The van der Waals surface area contributed by atoms with Gasteiger partial charge in [-0.1, -0.05) is 19.3 Å². The molecule has 88 valence electrons. The van der Waals surface area contributed by atoms with E-state index in [1.807, 2.05) is 12.5 Å². The Morgan fingerprint density at radius 2 is 2.12 bits per heavy atom. The van der Waals surface area contributed by atoms with E-state index in [1.165, 1.54) is 38.5 Å². The van der Waals surface area contributed by atoms with Gasteiger partial charge in [-0.2, -0.15) is 0 Å². The van der Waals surface area contributed by atoms with Crippen molar-refractivity contribution in [1.82, 2.24) is 9.55 Å². The van der Waals surface area contributed by atoms with Gasteiger partial charge >= 0.3 is 0 Å². The summed E-state index contributed by atoms with van der Waals surface area (Å²) < 4.78 is 8.36. The molecule has 1 aliphatic carbocycles. The second kappa shape index (κ2) is 4.21. The van der Waals surface area contributed by atoms with Gasteiger partial charge in [-0.25, -0.2) is 4.98 Å². The molecule has 1 aromatic rings. The molecule has 0 amide bonds. The monoisotopic (exact) mass is 220 g/mol. The van der Waals surface area contributed by atoms with Crippen LogP contribution >= 0.6 is 0 Å². The summed E-state index contributed by atoms with van der Waals surface area (Å²) in [6.07, 6.45) is 14.8. The first kappa shape index (κ1) is 10.3. The molecule has 0 N–H and O–H groups in total. The van der Waals surface area contributed by atoms with Gasteiger partial charge in [0.1, 0.15) is 0 Å². The minimum atomic E-state index is 0.200. The summed E-state index contributed by atoms with van der Waals surface area (Å²) in [5.74, 6) is 0. The van der Waals surface area contributed by atoms with Crippen LogP contribution in [0.15, 0.2) is 18.7 Å². The number of hydrogen-bond acceptors (Lipinski definition) is 2.